The highest BCUT2D eigenvalue weighted by Crippen LogP contribution is 2.23. The smallest absolute Gasteiger partial charge is 0.105 e. The minimum absolute atomic E-state index is 0.502. The number of hydrogen-bond donors (Lipinski definition) is 0. The highest BCUT2D eigenvalue weighted by atomic mass is 15.4. The van der Waals surface area contributed by atoms with E-state index in [0.29, 0.717) is 6.17 Å². The minimum Gasteiger partial charge on any atom is -0.356 e. The predicted molar refractivity (Wildman–Crippen MR) is 188 cm³/mol. The summed E-state index contributed by atoms with van der Waals surface area (Å²) in [7, 11) is 0. The van der Waals surface area contributed by atoms with E-state index in [1.165, 1.54) is 186 Å². The summed E-state index contributed by atoms with van der Waals surface area (Å²) < 4.78 is 0. The Hall–Kier alpha value is -1.44. The molecule has 0 spiro atoms. The van der Waals surface area contributed by atoms with Crippen molar-refractivity contribution in [2.75, 3.05) is 13.1 Å². The lowest BCUT2D eigenvalue weighted by Gasteiger charge is -2.33. The van der Waals surface area contributed by atoms with Gasteiger partial charge < -0.3 is 9.80 Å². The van der Waals surface area contributed by atoms with Gasteiger partial charge in [-0.2, -0.15) is 0 Å². The quantitative estimate of drug-likeness (QED) is 0.0835. The second-order valence-electron chi connectivity index (χ2n) is 13.4. The molecule has 1 aliphatic heterocycles. The Kier molecular flexibility index (Phi) is 23.7. The van der Waals surface area contributed by atoms with E-state index in [9.17, 15) is 0 Å². The van der Waals surface area contributed by atoms with Crippen molar-refractivity contribution in [1.82, 2.24) is 9.80 Å². The maximum atomic E-state index is 2.64. The summed E-state index contributed by atoms with van der Waals surface area (Å²) in [5.41, 5.74) is 1.47. The molecule has 1 aromatic rings. The van der Waals surface area contributed by atoms with Crippen LogP contribution in [0.15, 0.2) is 42.7 Å². The molecule has 0 fully saturated rings. The van der Waals surface area contributed by atoms with Gasteiger partial charge in [0.05, 0.1) is 0 Å². The van der Waals surface area contributed by atoms with Crippen LogP contribution in [0.4, 0.5) is 0 Å². The zero-order chi connectivity index (χ0) is 29.8. The van der Waals surface area contributed by atoms with Gasteiger partial charge in [-0.1, -0.05) is 198 Å². The Morgan fingerprint density at radius 3 is 1.05 bits per heavy atom. The molecule has 2 heteroatoms. The van der Waals surface area contributed by atoms with E-state index in [2.05, 4.69) is 66.4 Å². The summed E-state index contributed by atoms with van der Waals surface area (Å²) in [5.74, 6) is 0. The van der Waals surface area contributed by atoms with Crippen molar-refractivity contribution < 1.29 is 0 Å². The van der Waals surface area contributed by atoms with Crippen LogP contribution in [-0.4, -0.2) is 29.1 Å². The van der Waals surface area contributed by atoms with E-state index in [-0.39, 0.29) is 0 Å². The summed E-state index contributed by atoms with van der Waals surface area (Å²) in [5, 5.41) is 0. The first kappa shape index (κ1) is 36.8. The van der Waals surface area contributed by atoms with Gasteiger partial charge in [-0.25, -0.2) is 0 Å². The molecule has 0 bridgehead atoms. The Balaban J connectivity index is 1.51. The fourth-order valence-electron chi connectivity index (χ4n) is 6.69. The highest BCUT2D eigenvalue weighted by Gasteiger charge is 2.25. The van der Waals surface area contributed by atoms with Crippen LogP contribution in [0.2, 0.25) is 0 Å². The Morgan fingerprint density at radius 2 is 0.714 bits per heavy atom. The van der Waals surface area contributed by atoms with E-state index >= 15 is 0 Å². The standard InChI is InChI=1S/C40H72N2/c1-3-5-7-9-11-13-14-15-16-17-18-19-20-22-24-26-31-35-42-37-36-41(40(42)38-39-32-28-27-29-33-39)34-30-25-23-21-12-10-8-6-4-2/h27-29,32-33,36-37,40H,3-26,30-31,34-35,38H2,1-2H3. The number of hydrogen-bond acceptors (Lipinski definition) is 2. The molecule has 1 aromatic carbocycles. The van der Waals surface area contributed by atoms with Crippen molar-refractivity contribution in [2.24, 2.45) is 0 Å². The van der Waals surface area contributed by atoms with E-state index in [1.54, 1.807) is 0 Å². The molecule has 0 aromatic heterocycles. The van der Waals surface area contributed by atoms with Crippen LogP contribution in [0, 0.1) is 0 Å². The van der Waals surface area contributed by atoms with Crippen molar-refractivity contribution in [1.29, 1.82) is 0 Å². The third-order valence-electron chi connectivity index (χ3n) is 9.52. The SMILES string of the molecule is CCCCCCCCCCCCCCCCCCCN1C=CN(CCCCCCCCCCC)C1Cc1ccccc1. The maximum Gasteiger partial charge on any atom is 0.105 e. The molecule has 242 valence electrons. The maximum absolute atomic E-state index is 2.64. The third-order valence-corrected chi connectivity index (χ3v) is 9.52. The van der Waals surface area contributed by atoms with Crippen molar-refractivity contribution in [3.05, 3.63) is 48.3 Å². The molecule has 1 heterocycles. The predicted octanol–water partition coefficient (Wildman–Crippen LogP) is 12.8. The molecule has 42 heavy (non-hydrogen) atoms. The largest absolute Gasteiger partial charge is 0.356 e. The molecule has 0 aliphatic carbocycles. The van der Waals surface area contributed by atoms with Crippen LogP contribution in [0.3, 0.4) is 0 Å². The van der Waals surface area contributed by atoms with Crippen LogP contribution >= 0.6 is 0 Å². The van der Waals surface area contributed by atoms with Gasteiger partial charge in [0.25, 0.3) is 0 Å². The van der Waals surface area contributed by atoms with Gasteiger partial charge in [-0.05, 0) is 18.4 Å². The van der Waals surface area contributed by atoms with Gasteiger partial charge in [-0.3, -0.25) is 0 Å². The van der Waals surface area contributed by atoms with Crippen molar-refractivity contribution in [3.63, 3.8) is 0 Å². The first-order valence-corrected chi connectivity index (χ1v) is 19.1. The van der Waals surface area contributed by atoms with E-state index in [0.717, 1.165) is 6.42 Å². The molecule has 1 atom stereocenters. The fourth-order valence-corrected chi connectivity index (χ4v) is 6.69. The van der Waals surface area contributed by atoms with Gasteiger partial charge >= 0.3 is 0 Å². The van der Waals surface area contributed by atoms with Crippen molar-refractivity contribution in [3.8, 4) is 0 Å². The van der Waals surface area contributed by atoms with Crippen molar-refractivity contribution in [2.45, 2.75) is 193 Å². The van der Waals surface area contributed by atoms with Gasteiger partial charge in [0, 0.05) is 31.9 Å². The monoisotopic (exact) mass is 581 g/mol. The molecule has 2 rings (SSSR count). The number of unbranched alkanes of at least 4 members (excludes halogenated alkanes) is 24. The molecule has 0 amide bonds. The van der Waals surface area contributed by atoms with Crippen LogP contribution < -0.4 is 0 Å². The Morgan fingerprint density at radius 1 is 0.405 bits per heavy atom. The molecule has 1 unspecified atom stereocenters. The zero-order valence-electron chi connectivity index (χ0n) is 28.5. The van der Waals surface area contributed by atoms with Gasteiger partial charge in [0.1, 0.15) is 6.17 Å². The average molecular weight is 581 g/mol. The Labute approximate surface area is 264 Å². The van der Waals surface area contributed by atoms with E-state index < -0.39 is 0 Å². The number of rotatable bonds is 30. The lowest BCUT2D eigenvalue weighted by atomic mass is 10.0. The molecule has 0 radical (unpaired) electrons. The molecular formula is C40H72N2. The summed E-state index contributed by atoms with van der Waals surface area (Å²) in [6.45, 7) is 7.03. The highest BCUT2D eigenvalue weighted by molar-refractivity contribution is 5.17. The van der Waals surface area contributed by atoms with Crippen molar-refractivity contribution >= 4 is 0 Å². The summed E-state index contributed by atoms with van der Waals surface area (Å²) in [6.07, 6.45) is 43.6. The fraction of sp³-hybridized carbons (Fsp3) is 0.800. The molecule has 1 aliphatic rings. The Bertz CT molecular complexity index is 714. The van der Waals surface area contributed by atoms with Crippen LogP contribution in [0.5, 0.6) is 0 Å². The average Bonchev–Trinajstić information content (AvgIpc) is 3.39. The molecule has 0 saturated carbocycles. The second kappa shape index (κ2) is 27.1. The first-order chi connectivity index (χ1) is 20.8. The summed E-state index contributed by atoms with van der Waals surface area (Å²) in [4.78, 5) is 5.29. The number of nitrogens with zero attached hydrogens (tertiary/aromatic N) is 2. The molecular weight excluding hydrogens is 508 g/mol. The zero-order valence-corrected chi connectivity index (χ0v) is 28.5. The normalized spacial score (nSPS) is 14.9. The van der Waals surface area contributed by atoms with Gasteiger partial charge in [0.15, 0.2) is 0 Å². The lowest BCUT2D eigenvalue weighted by molar-refractivity contribution is 0.148. The minimum atomic E-state index is 0.502. The van der Waals surface area contributed by atoms with Crippen LogP contribution in [0.1, 0.15) is 186 Å². The second-order valence-corrected chi connectivity index (χ2v) is 13.4. The molecule has 0 saturated heterocycles. The number of benzene rings is 1. The summed E-state index contributed by atoms with van der Waals surface area (Å²) in [6, 6.07) is 11.2. The molecule has 0 N–H and O–H groups in total. The first-order valence-electron chi connectivity index (χ1n) is 19.1. The van der Waals surface area contributed by atoms with E-state index in [4.69, 9.17) is 0 Å². The van der Waals surface area contributed by atoms with E-state index in [1.807, 2.05) is 0 Å². The van der Waals surface area contributed by atoms with Crippen LogP contribution in [0.25, 0.3) is 0 Å². The van der Waals surface area contributed by atoms with Gasteiger partial charge in [-0.15, -0.1) is 0 Å². The van der Waals surface area contributed by atoms with Gasteiger partial charge in [0.2, 0.25) is 0 Å². The lowest BCUT2D eigenvalue weighted by Crippen LogP contribution is -2.41. The molecule has 2 nitrogen and oxygen atoms in total. The van der Waals surface area contributed by atoms with Crippen LogP contribution in [-0.2, 0) is 6.42 Å². The topological polar surface area (TPSA) is 6.48 Å². The summed E-state index contributed by atoms with van der Waals surface area (Å²) >= 11 is 0. The third kappa shape index (κ3) is 19.0.